The van der Waals surface area contributed by atoms with Crippen LogP contribution in [0.15, 0.2) is 36.4 Å². The van der Waals surface area contributed by atoms with Gasteiger partial charge in [-0.15, -0.1) is 0 Å². The number of halogens is 9. The molecule has 0 saturated heterocycles. The number of non-ortho nitro benzene ring substituents is 1. The SMILES string of the molecule is Cc1cc(C)c(-c2cccc([N+](=O)[O-])c2)c(C(F)(C(F)(F)F)C(F)(F)C(F)(F)F)c1. The molecule has 0 aliphatic heterocycles. The van der Waals surface area contributed by atoms with Crippen LogP contribution < -0.4 is 0 Å². The molecule has 164 valence electrons. The fourth-order valence-corrected chi connectivity index (χ4v) is 3.09. The predicted molar refractivity (Wildman–Crippen MR) is 87.8 cm³/mol. The number of rotatable bonds is 4. The van der Waals surface area contributed by atoms with Gasteiger partial charge in [-0.1, -0.05) is 29.8 Å². The van der Waals surface area contributed by atoms with Crippen LogP contribution >= 0.6 is 0 Å². The van der Waals surface area contributed by atoms with Crippen LogP contribution in [0.1, 0.15) is 16.7 Å². The minimum absolute atomic E-state index is 0.221. The Kier molecular flexibility index (Phi) is 5.61. The van der Waals surface area contributed by atoms with Gasteiger partial charge in [-0.25, -0.2) is 4.39 Å². The van der Waals surface area contributed by atoms with Gasteiger partial charge in [0, 0.05) is 17.7 Å². The molecular weight excluding hydrogens is 433 g/mol. The zero-order valence-corrected chi connectivity index (χ0v) is 15.1. The van der Waals surface area contributed by atoms with Gasteiger partial charge in [0.2, 0.25) is 0 Å². The number of nitro benzene ring substituents is 1. The Balaban J connectivity index is 3.02. The van der Waals surface area contributed by atoms with Gasteiger partial charge < -0.3 is 0 Å². The van der Waals surface area contributed by atoms with Gasteiger partial charge in [-0.05, 0) is 30.5 Å². The molecule has 2 aromatic rings. The summed E-state index contributed by atoms with van der Waals surface area (Å²) in [5.41, 5.74) is -10.8. The van der Waals surface area contributed by atoms with Crippen LogP contribution in [-0.4, -0.2) is 23.2 Å². The third-order valence-corrected chi connectivity index (χ3v) is 4.38. The molecule has 3 nitrogen and oxygen atoms in total. The van der Waals surface area contributed by atoms with Crippen LogP contribution in [0, 0.1) is 24.0 Å². The van der Waals surface area contributed by atoms with E-state index in [1.807, 2.05) is 0 Å². The van der Waals surface area contributed by atoms with Crippen LogP contribution in [-0.2, 0) is 5.67 Å². The molecule has 0 fully saturated rings. The van der Waals surface area contributed by atoms with Crippen LogP contribution in [0.5, 0.6) is 0 Å². The number of benzene rings is 2. The summed E-state index contributed by atoms with van der Waals surface area (Å²) < 4.78 is 122. The zero-order chi connectivity index (χ0) is 23.3. The third kappa shape index (κ3) is 3.58. The second-order valence-electron chi connectivity index (χ2n) is 6.54. The first-order chi connectivity index (χ1) is 13.4. The average molecular weight is 445 g/mol. The van der Waals surface area contributed by atoms with E-state index in [4.69, 9.17) is 0 Å². The van der Waals surface area contributed by atoms with Crippen molar-refractivity contribution >= 4 is 5.69 Å². The molecule has 0 saturated carbocycles. The van der Waals surface area contributed by atoms with E-state index in [2.05, 4.69) is 0 Å². The molecule has 0 radical (unpaired) electrons. The van der Waals surface area contributed by atoms with Crippen molar-refractivity contribution in [2.75, 3.05) is 0 Å². The second kappa shape index (κ2) is 7.17. The minimum atomic E-state index is -6.88. The lowest BCUT2D eigenvalue weighted by molar-refractivity contribution is -0.389. The van der Waals surface area contributed by atoms with Crippen LogP contribution in [0.2, 0.25) is 0 Å². The Hall–Kier alpha value is -2.79. The number of aryl methyl sites for hydroxylation is 2. The summed E-state index contributed by atoms with van der Waals surface area (Å²) >= 11 is 0. The zero-order valence-electron chi connectivity index (χ0n) is 15.1. The third-order valence-electron chi connectivity index (χ3n) is 4.38. The Labute approximate surface area is 163 Å². The first-order valence-electron chi connectivity index (χ1n) is 8.02. The lowest BCUT2D eigenvalue weighted by atomic mass is 9.80. The molecule has 0 bridgehead atoms. The van der Waals surface area contributed by atoms with Gasteiger partial charge in [0.05, 0.1) is 4.92 Å². The summed E-state index contributed by atoms with van der Waals surface area (Å²) in [6.07, 6.45) is -13.6. The maximum absolute atomic E-state index is 15.1. The van der Waals surface area contributed by atoms with Crippen molar-refractivity contribution in [2.24, 2.45) is 0 Å². The molecule has 0 N–H and O–H groups in total. The van der Waals surface area contributed by atoms with Gasteiger partial charge in [0.15, 0.2) is 0 Å². The average Bonchev–Trinajstić information content (AvgIpc) is 2.58. The van der Waals surface area contributed by atoms with Crippen LogP contribution in [0.4, 0.5) is 45.2 Å². The Morgan fingerprint density at radius 2 is 1.40 bits per heavy atom. The van der Waals surface area contributed by atoms with E-state index in [0.29, 0.717) is 6.07 Å². The van der Waals surface area contributed by atoms with Gasteiger partial charge in [-0.3, -0.25) is 10.1 Å². The van der Waals surface area contributed by atoms with Crippen molar-refractivity contribution in [2.45, 2.75) is 37.8 Å². The molecule has 0 amide bonds. The summed E-state index contributed by atoms with van der Waals surface area (Å²) in [4.78, 5) is 9.98. The summed E-state index contributed by atoms with van der Waals surface area (Å²) in [6, 6.07) is 4.85. The van der Waals surface area contributed by atoms with E-state index in [0.717, 1.165) is 38.1 Å². The Morgan fingerprint density at radius 3 is 1.87 bits per heavy atom. The number of hydrogen-bond donors (Lipinski definition) is 0. The monoisotopic (exact) mass is 445 g/mol. The van der Waals surface area contributed by atoms with Gasteiger partial charge >= 0.3 is 23.9 Å². The number of alkyl halides is 9. The summed E-state index contributed by atoms with van der Waals surface area (Å²) in [6.45, 7) is 2.14. The van der Waals surface area contributed by atoms with E-state index in [-0.39, 0.29) is 17.2 Å². The molecule has 0 aliphatic rings. The van der Waals surface area contributed by atoms with Crippen molar-refractivity contribution in [3.63, 3.8) is 0 Å². The highest BCUT2D eigenvalue weighted by molar-refractivity contribution is 5.75. The summed E-state index contributed by atoms with van der Waals surface area (Å²) in [5, 5.41) is 10.9. The van der Waals surface area contributed by atoms with E-state index < -0.39 is 51.2 Å². The molecule has 2 rings (SSSR count). The fourth-order valence-electron chi connectivity index (χ4n) is 3.09. The molecule has 0 heterocycles. The highest BCUT2D eigenvalue weighted by Gasteiger charge is 2.82. The van der Waals surface area contributed by atoms with E-state index in [1.165, 1.54) is 0 Å². The fraction of sp³-hybridized carbons (Fsp3) is 0.333. The van der Waals surface area contributed by atoms with Gasteiger partial charge in [0.1, 0.15) is 0 Å². The topological polar surface area (TPSA) is 43.1 Å². The summed E-state index contributed by atoms with van der Waals surface area (Å²) in [7, 11) is 0. The van der Waals surface area contributed by atoms with Crippen LogP contribution in [0.25, 0.3) is 11.1 Å². The number of nitro groups is 1. The first kappa shape index (κ1) is 23.5. The van der Waals surface area contributed by atoms with Crippen molar-refractivity contribution in [3.8, 4) is 11.1 Å². The molecule has 0 spiro atoms. The Morgan fingerprint density at radius 1 is 0.833 bits per heavy atom. The predicted octanol–water partition coefficient (Wildman–Crippen LogP) is 6.80. The number of hydrogen-bond acceptors (Lipinski definition) is 2. The van der Waals surface area contributed by atoms with Crippen molar-refractivity contribution < 1.29 is 44.4 Å². The minimum Gasteiger partial charge on any atom is -0.258 e. The maximum atomic E-state index is 15.1. The largest absolute Gasteiger partial charge is 0.457 e. The second-order valence-corrected chi connectivity index (χ2v) is 6.54. The molecule has 0 aromatic heterocycles. The standard InChI is InChI=1S/C18H12F9NO2/c1-9-6-10(2)14(11-4-3-5-12(8-11)28(29)30)13(7-9)15(19,17(22,23)24)16(20,21)18(25,26)27/h3-8H,1-2H3. The van der Waals surface area contributed by atoms with E-state index in [9.17, 15) is 45.2 Å². The van der Waals surface area contributed by atoms with Crippen LogP contribution in [0.3, 0.4) is 0 Å². The molecule has 1 atom stereocenters. The van der Waals surface area contributed by atoms with E-state index in [1.54, 1.807) is 0 Å². The smallest absolute Gasteiger partial charge is 0.258 e. The molecule has 30 heavy (non-hydrogen) atoms. The van der Waals surface area contributed by atoms with Crippen molar-refractivity contribution in [3.05, 3.63) is 63.2 Å². The molecular formula is C18H12F9NO2. The quantitative estimate of drug-likeness (QED) is 0.295. The van der Waals surface area contributed by atoms with Gasteiger partial charge in [-0.2, -0.15) is 35.1 Å². The van der Waals surface area contributed by atoms with Crippen molar-refractivity contribution in [1.29, 1.82) is 0 Å². The molecule has 2 aromatic carbocycles. The maximum Gasteiger partial charge on any atom is 0.457 e. The van der Waals surface area contributed by atoms with Gasteiger partial charge in [0.25, 0.3) is 5.69 Å². The lowest BCUT2D eigenvalue weighted by Crippen LogP contribution is -2.60. The number of nitrogens with zero attached hydrogens (tertiary/aromatic N) is 1. The highest BCUT2D eigenvalue weighted by atomic mass is 19.4. The molecule has 12 heteroatoms. The van der Waals surface area contributed by atoms with Crippen molar-refractivity contribution in [1.82, 2.24) is 0 Å². The molecule has 1 unspecified atom stereocenters. The lowest BCUT2D eigenvalue weighted by Gasteiger charge is -2.37. The normalized spacial score (nSPS) is 15.0. The molecule has 0 aliphatic carbocycles. The Bertz CT molecular complexity index is 983. The van der Waals surface area contributed by atoms with E-state index >= 15 is 4.39 Å². The first-order valence-corrected chi connectivity index (χ1v) is 8.02. The summed E-state index contributed by atoms with van der Waals surface area (Å²) in [5.74, 6) is -6.85. The highest BCUT2D eigenvalue weighted by Crippen LogP contribution is 2.60.